The van der Waals surface area contributed by atoms with Crippen molar-refractivity contribution in [1.82, 2.24) is 14.5 Å². The second kappa shape index (κ2) is 9.54. The summed E-state index contributed by atoms with van der Waals surface area (Å²) in [6, 6.07) is 6.05. The summed E-state index contributed by atoms with van der Waals surface area (Å²) < 4.78 is 27.0. The average molecular weight is 420 g/mol. The molecule has 1 aliphatic carbocycles. The molecule has 29 heavy (non-hydrogen) atoms. The van der Waals surface area contributed by atoms with Crippen LogP contribution in [0, 0.1) is 0 Å². The van der Waals surface area contributed by atoms with Crippen molar-refractivity contribution in [3.8, 4) is 0 Å². The number of carbonyl (C=O) groups is 2. The Labute approximate surface area is 172 Å². The van der Waals surface area contributed by atoms with E-state index in [0.717, 1.165) is 19.3 Å². The van der Waals surface area contributed by atoms with Crippen LogP contribution in [0.15, 0.2) is 40.8 Å². The second-order valence-electron chi connectivity index (χ2n) is 7.55. The number of rotatable bonds is 6. The molecule has 0 atom stereocenters. The van der Waals surface area contributed by atoms with Crippen LogP contribution < -0.4 is 5.32 Å². The van der Waals surface area contributed by atoms with Gasteiger partial charge >= 0.3 is 0 Å². The lowest BCUT2D eigenvalue weighted by atomic mass is 9.97. The van der Waals surface area contributed by atoms with E-state index in [2.05, 4.69) is 11.4 Å². The Hall–Kier alpha value is -2.19. The molecule has 1 fully saturated rings. The second-order valence-corrected chi connectivity index (χ2v) is 9.49. The van der Waals surface area contributed by atoms with E-state index in [-0.39, 0.29) is 29.8 Å². The zero-order chi connectivity index (χ0) is 20.9. The Balaban J connectivity index is 1.55. The predicted octanol–water partition coefficient (Wildman–Crippen LogP) is 2.16. The van der Waals surface area contributed by atoms with E-state index in [9.17, 15) is 18.0 Å². The zero-order valence-corrected chi connectivity index (χ0v) is 17.7. The van der Waals surface area contributed by atoms with Crippen molar-refractivity contribution in [2.45, 2.75) is 43.9 Å². The molecule has 8 heteroatoms. The molecule has 0 saturated carbocycles. The van der Waals surface area contributed by atoms with E-state index in [1.165, 1.54) is 41.8 Å². The van der Waals surface area contributed by atoms with Crippen molar-refractivity contribution in [1.29, 1.82) is 0 Å². The molecule has 1 aliphatic heterocycles. The largest absolute Gasteiger partial charge is 0.352 e. The molecule has 0 aromatic heterocycles. The molecule has 2 aliphatic rings. The summed E-state index contributed by atoms with van der Waals surface area (Å²) in [6.45, 7) is 3.42. The lowest BCUT2D eigenvalue weighted by molar-refractivity contribution is -0.129. The predicted molar refractivity (Wildman–Crippen MR) is 111 cm³/mol. The molecule has 0 unspecified atom stereocenters. The first-order valence-corrected chi connectivity index (χ1v) is 11.6. The monoisotopic (exact) mass is 419 g/mol. The van der Waals surface area contributed by atoms with E-state index < -0.39 is 10.0 Å². The molecule has 1 heterocycles. The third-order valence-corrected chi connectivity index (χ3v) is 7.47. The Morgan fingerprint density at radius 3 is 2.31 bits per heavy atom. The van der Waals surface area contributed by atoms with Crippen LogP contribution in [0.3, 0.4) is 0 Å². The number of hydrogen-bond donors (Lipinski definition) is 1. The van der Waals surface area contributed by atoms with E-state index in [4.69, 9.17) is 0 Å². The molecule has 1 aromatic rings. The zero-order valence-electron chi connectivity index (χ0n) is 16.9. The molecule has 0 spiro atoms. The van der Waals surface area contributed by atoms with Gasteiger partial charge in [-0.05, 0) is 56.4 Å². The molecular formula is C21H29N3O4S. The van der Waals surface area contributed by atoms with Gasteiger partial charge in [-0.15, -0.1) is 0 Å². The number of allylic oxidation sites excluding steroid dienone is 1. The fourth-order valence-electron chi connectivity index (χ4n) is 3.74. The van der Waals surface area contributed by atoms with Gasteiger partial charge in [-0.1, -0.05) is 11.6 Å². The van der Waals surface area contributed by atoms with Gasteiger partial charge in [0.1, 0.15) is 0 Å². The number of benzene rings is 1. The molecule has 3 rings (SSSR count). The molecule has 1 N–H and O–H groups in total. The van der Waals surface area contributed by atoms with Crippen LogP contribution in [0.1, 0.15) is 49.4 Å². The molecule has 7 nitrogen and oxygen atoms in total. The molecule has 0 bridgehead atoms. The van der Waals surface area contributed by atoms with Crippen molar-refractivity contribution in [2.75, 3.05) is 32.7 Å². The van der Waals surface area contributed by atoms with E-state index in [1.807, 2.05) is 0 Å². The fourth-order valence-corrected chi connectivity index (χ4v) is 5.16. The maximum atomic E-state index is 12.8. The topological polar surface area (TPSA) is 86.8 Å². The first kappa shape index (κ1) is 21.5. The highest BCUT2D eigenvalue weighted by molar-refractivity contribution is 7.89. The number of hydrogen-bond acceptors (Lipinski definition) is 4. The SMILES string of the molecule is CC(=O)N1CCN(S(=O)(=O)c2ccc(C(=O)NCCC3=CCCCC3)cc2)CC1. The summed E-state index contributed by atoms with van der Waals surface area (Å²) in [4.78, 5) is 25.5. The summed E-state index contributed by atoms with van der Waals surface area (Å²) in [5, 5.41) is 2.91. The molecular weight excluding hydrogens is 390 g/mol. The normalized spacial score (nSPS) is 18.2. The smallest absolute Gasteiger partial charge is 0.251 e. The lowest BCUT2D eigenvalue weighted by Gasteiger charge is -2.33. The Bertz CT molecular complexity index is 870. The van der Waals surface area contributed by atoms with Gasteiger partial charge in [-0.2, -0.15) is 4.31 Å². The third-order valence-electron chi connectivity index (χ3n) is 5.55. The minimum Gasteiger partial charge on any atom is -0.352 e. The van der Waals surface area contributed by atoms with Crippen LogP contribution in [-0.4, -0.2) is 62.2 Å². The number of amides is 2. The van der Waals surface area contributed by atoms with Gasteiger partial charge in [0, 0.05) is 45.2 Å². The quantitative estimate of drug-likeness (QED) is 0.716. The minimum atomic E-state index is -3.63. The summed E-state index contributed by atoms with van der Waals surface area (Å²) >= 11 is 0. The van der Waals surface area contributed by atoms with Crippen molar-refractivity contribution >= 4 is 21.8 Å². The van der Waals surface area contributed by atoms with E-state index in [0.29, 0.717) is 25.2 Å². The Kier molecular flexibility index (Phi) is 7.08. The molecule has 1 aromatic carbocycles. The van der Waals surface area contributed by atoms with Crippen LogP contribution in [0.2, 0.25) is 0 Å². The van der Waals surface area contributed by atoms with Crippen LogP contribution in [0.25, 0.3) is 0 Å². The number of piperazine rings is 1. The Morgan fingerprint density at radius 1 is 1.03 bits per heavy atom. The third kappa shape index (κ3) is 5.45. The molecule has 0 radical (unpaired) electrons. The standard InChI is InChI=1S/C21H29N3O4S/c1-17(25)23-13-15-24(16-14-23)29(27,28)20-9-7-19(8-10-20)21(26)22-12-11-18-5-3-2-4-6-18/h5,7-10H,2-4,6,11-16H2,1H3,(H,22,26). The lowest BCUT2D eigenvalue weighted by Crippen LogP contribution is -2.49. The molecule has 2 amide bonds. The summed E-state index contributed by atoms with van der Waals surface area (Å²) in [5.41, 5.74) is 1.85. The van der Waals surface area contributed by atoms with Crippen molar-refractivity contribution < 1.29 is 18.0 Å². The van der Waals surface area contributed by atoms with E-state index >= 15 is 0 Å². The van der Waals surface area contributed by atoms with Crippen LogP contribution in [0.5, 0.6) is 0 Å². The van der Waals surface area contributed by atoms with Gasteiger partial charge in [0.05, 0.1) is 4.90 Å². The number of sulfonamides is 1. The number of nitrogens with one attached hydrogen (secondary N) is 1. The van der Waals surface area contributed by atoms with Crippen LogP contribution in [-0.2, 0) is 14.8 Å². The summed E-state index contributed by atoms with van der Waals surface area (Å²) in [5.74, 6) is -0.238. The van der Waals surface area contributed by atoms with Gasteiger partial charge < -0.3 is 10.2 Å². The maximum absolute atomic E-state index is 12.8. The fraction of sp³-hybridized carbons (Fsp3) is 0.524. The average Bonchev–Trinajstić information content (AvgIpc) is 2.74. The molecule has 158 valence electrons. The van der Waals surface area contributed by atoms with Gasteiger partial charge in [-0.25, -0.2) is 8.42 Å². The number of nitrogens with zero attached hydrogens (tertiary/aromatic N) is 2. The summed E-state index contributed by atoms with van der Waals surface area (Å²) in [7, 11) is -3.63. The van der Waals surface area contributed by atoms with Gasteiger partial charge in [0.25, 0.3) is 5.91 Å². The van der Waals surface area contributed by atoms with Crippen LogP contribution >= 0.6 is 0 Å². The highest BCUT2D eigenvalue weighted by Crippen LogP contribution is 2.20. The van der Waals surface area contributed by atoms with Crippen molar-refractivity contribution in [3.63, 3.8) is 0 Å². The summed E-state index contributed by atoms with van der Waals surface area (Å²) in [6.07, 6.45) is 7.85. The van der Waals surface area contributed by atoms with Crippen molar-refractivity contribution in [2.24, 2.45) is 0 Å². The Morgan fingerprint density at radius 2 is 1.72 bits per heavy atom. The van der Waals surface area contributed by atoms with Crippen molar-refractivity contribution in [3.05, 3.63) is 41.5 Å². The number of carbonyl (C=O) groups excluding carboxylic acids is 2. The maximum Gasteiger partial charge on any atom is 0.251 e. The minimum absolute atomic E-state index is 0.0443. The first-order valence-electron chi connectivity index (χ1n) is 10.2. The van der Waals surface area contributed by atoms with Gasteiger partial charge in [-0.3, -0.25) is 9.59 Å². The van der Waals surface area contributed by atoms with E-state index in [1.54, 1.807) is 17.0 Å². The highest BCUT2D eigenvalue weighted by Gasteiger charge is 2.29. The molecule has 1 saturated heterocycles. The van der Waals surface area contributed by atoms with Crippen LogP contribution in [0.4, 0.5) is 0 Å². The van der Waals surface area contributed by atoms with Gasteiger partial charge in [0.2, 0.25) is 15.9 Å². The van der Waals surface area contributed by atoms with Gasteiger partial charge in [0.15, 0.2) is 0 Å². The first-order chi connectivity index (χ1) is 13.9. The highest BCUT2D eigenvalue weighted by atomic mass is 32.2.